The summed E-state index contributed by atoms with van der Waals surface area (Å²) in [7, 11) is 0. The summed E-state index contributed by atoms with van der Waals surface area (Å²) in [5.74, 6) is 1.61. The Hall–Kier alpha value is -3.26. The third-order valence-electron chi connectivity index (χ3n) is 6.22. The lowest BCUT2D eigenvalue weighted by Crippen LogP contribution is -2.16. The number of aliphatic imine (C=N–C) groups is 1. The fourth-order valence-electron chi connectivity index (χ4n) is 4.45. The zero-order valence-electron chi connectivity index (χ0n) is 16.6. The summed E-state index contributed by atoms with van der Waals surface area (Å²) in [4.78, 5) is 23.9. The lowest BCUT2D eigenvalue weighted by Gasteiger charge is -2.16. The molecule has 1 atom stereocenters. The fourth-order valence-corrected chi connectivity index (χ4v) is 4.45. The molecule has 2 aromatic rings. The van der Waals surface area contributed by atoms with E-state index >= 15 is 0 Å². The molecule has 152 valence electrons. The van der Waals surface area contributed by atoms with Gasteiger partial charge in [0.15, 0.2) is 5.78 Å². The number of nitrogens with two attached hydrogens (primary N) is 1. The van der Waals surface area contributed by atoms with Gasteiger partial charge in [-0.1, -0.05) is 0 Å². The molecule has 1 saturated heterocycles. The maximum Gasteiger partial charge on any atom is 0.169 e. The summed E-state index contributed by atoms with van der Waals surface area (Å²) in [6, 6.07) is 0.197. The van der Waals surface area contributed by atoms with Crippen LogP contribution < -0.4 is 11.1 Å². The lowest BCUT2D eigenvalue weighted by molar-refractivity contribution is 0.0968. The van der Waals surface area contributed by atoms with Gasteiger partial charge in [-0.05, 0) is 49.6 Å². The highest BCUT2D eigenvalue weighted by molar-refractivity contribution is 6.12. The SMILES string of the molecule is Nc1ncc(C(=O)C2CC2)c2c1c(C=C1C=CN3CC=NC3=C1)nn2C1CCNC1. The fraction of sp³-hybridized carbons (Fsp3) is 0.364. The molecular weight excluding hydrogens is 378 g/mol. The van der Waals surface area contributed by atoms with E-state index in [-0.39, 0.29) is 17.7 Å². The van der Waals surface area contributed by atoms with E-state index in [1.54, 1.807) is 6.20 Å². The van der Waals surface area contributed by atoms with E-state index in [2.05, 4.69) is 20.2 Å². The highest BCUT2D eigenvalue weighted by Crippen LogP contribution is 2.38. The van der Waals surface area contributed by atoms with Crippen LogP contribution in [0.15, 0.2) is 40.9 Å². The number of ketones is 1. The van der Waals surface area contributed by atoms with Crippen LogP contribution in [0.25, 0.3) is 17.0 Å². The number of nitrogen functional groups attached to an aromatic ring is 1. The number of fused-ring (bicyclic) bond motifs is 2. The molecule has 1 aliphatic carbocycles. The summed E-state index contributed by atoms with van der Waals surface area (Å²) in [5.41, 5.74) is 9.55. The maximum absolute atomic E-state index is 13.0. The highest BCUT2D eigenvalue weighted by Gasteiger charge is 2.34. The quantitative estimate of drug-likeness (QED) is 0.762. The first-order valence-corrected chi connectivity index (χ1v) is 10.5. The van der Waals surface area contributed by atoms with E-state index in [0.717, 1.165) is 66.9 Å². The lowest BCUT2D eigenvalue weighted by atomic mass is 10.0. The van der Waals surface area contributed by atoms with E-state index in [1.807, 2.05) is 35.3 Å². The van der Waals surface area contributed by atoms with Gasteiger partial charge in [-0.25, -0.2) is 9.98 Å². The van der Waals surface area contributed by atoms with Crippen LogP contribution in [0.1, 0.15) is 41.4 Å². The molecule has 0 bridgehead atoms. The van der Waals surface area contributed by atoms with Crippen molar-refractivity contribution in [1.82, 2.24) is 25.0 Å². The first-order chi connectivity index (χ1) is 14.7. The van der Waals surface area contributed by atoms with E-state index in [9.17, 15) is 4.79 Å². The normalized spacial score (nSPS) is 24.1. The number of allylic oxidation sites excluding steroid dienone is 3. The van der Waals surface area contributed by atoms with Crippen molar-refractivity contribution in [2.45, 2.75) is 25.3 Å². The number of carbonyl (C=O) groups is 1. The topological polar surface area (TPSA) is 101 Å². The average Bonchev–Trinajstić information content (AvgIpc) is 3.14. The first kappa shape index (κ1) is 17.6. The second-order valence-electron chi connectivity index (χ2n) is 8.32. The number of rotatable bonds is 4. The molecule has 1 unspecified atom stereocenters. The van der Waals surface area contributed by atoms with Gasteiger partial charge in [0.05, 0.1) is 34.7 Å². The second kappa shape index (κ2) is 6.63. The van der Waals surface area contributed by atoms with E-state index < -0.39 is 0 Å². The van der Waals surface area contributed by atoms with Gasteiger partial charge in [-0.3, -0.25) is 9.48 Å². The largest absolute Gasteiger partial charge is 0.383 e. The van der Waals surface area contributed by atoms with Crippen LogP contribution in [0.4, 0.5) is 5.82 Å². The van der Waals surface area contributed by atoms with Crippen molar-refractivity contribution >= 4 is 34.8 Å². The van der Waals surface area contributed by atoms with Gasteiger partial charge in [0.2, 0.25) is 0 Å². The van der Waals surface area contributed by atoms with Crippen LogP contribution in [0.3, 0.4) is 0 Å². The predicted molar refractivity (Wildman–Crippen MR) is 116 cm³/mol. The van der Waals surface area contributed by atoms with Gasteiger partial charge >= 0.3 is 0 Å². The van der Waals surface area contributed by atoms with Crippen LogP contribution in [0.2, 0.25) is 0 Å². The number of nitrogens with one attached hydrogen (secondary N) is 1. The van der Waals surface area contributed by atoms with Gasteiger partial charge in [0.25, 0.3) is 0 Å². The van der Waals surface area contributed by atoms with Crippen molar-refractivity contribution in [2.24, 2.45) is 10.9 Å². The van der Waals surface area contributed by atoms with Gasteiger partial charge in [-0.2, -0.15) is 5.10 Å². The van der Waals surface area contributed by atoms with Crippen molar-refractivity contribution in [2.75, 3.05) is 25.4 Å². The number of hydrogen-bond acceptors (Lipinski definition) is 7. The Kier molecular flexibility index (Phi) is 3.89. The Morgan fingerprint density at radius 1 is 1.30 bits per heavy atom. The Bertz CT molecular complexity index is 1180. The second-order valence-corrected chi connectivity index (χ2v) is 8.32. The third kappa shape index (κ3) is 2.79. The highest BCUT2D eigenvalue weighted by atomic mass is 16.1. The zero-order chi connectivity index (χ0) is 20.2. The smallest absolute Gasteiger partial charge is 0.169 e. The molecule has 6 rings (SSSR count). The Balaban J connectivity index is 1.54. The molecule has 8 nitrogen and oxygen atoms in total. The maximum atomic E-state index is 13.0. The molecule has 0 spiro atoms. The third-order valence-corrected chi connectivity index (χ3v) is 6.22. The van der Waals surface area contributed by atoms with Crippen LogP contribution in [0.5, 0.6) is 0 Å². The molecule has 3 aliphatic heterocycles. The van der Waals surface area contributed by atoms with Crippen molar-refractivity contribution in [3.05, 3.63) is 47.2 Å². The molecule has 1 saturated carbocycles. The van der Waals surface area contributed by atoms with Crippen molar-refractivity contribution in [3.8, 4) is 0 Å². The van der Waals surface area contributed by atoms with E-state index in [4.69, 9.17) is 10.8 Å². The van der Waals surface area contributed by atoms with Crippen molar-refractivity contribution in [1.29, 1.82) is 0 Å². The minimum Gasteiger partial charge on any atom is -0.383 e. The van der Waals surface area contributed by atoms with Gasteiger partial charge in [0, 0.05) is 31.1 Å². The first-order valence-electron chi connectivity index (χ1n) is 10.5. The molecule has 2 fully saturated rings. The van der Waals surface area contributed by atoms with Gasteiger partial charge in [0.1, 0.15) is 11.6 Å². The van der Waals surface area contributed by atoms with E-state index in [1.165, 1.54) is 0 Å². The van der Waals surface area contributed by atoms with Gasteiger partial charge in [-0.15, -0.1) is 0 Å². The van der Waals surface area contributed by atoms with Crippen LogP contribution in [-0.2, 0) is 0 Å². The number of hydrogen-bond donors (Lipinski definition) is 2. The minimum atomic E-state index is 0.114. The molecule has 3 N–H and O–H groups in total. The molecule has 4 aliphatic rings. The van der Waals surface area contributed by atoms with Crippen LogP contribution >= 0.6 is 0 Å². The Morgan fingerprint density at radius 3 is 3.00 bits per heavy atom. The molecule has 0 radical (unpaired) electrons. The molecule has 2 aromatic heterocycles. The number of carbonyl (C=O) groups excluding carboxylic acids is 1. The summed E-state index contributed by atoms with van der Waals surface area (Å²) in [5, 5.41) is 9.12. The molecule has 5 heterocycles. The summed E-state index contributed by atoms with van der Waals surface area (Å²) in [6.07, 6.45) is 14.5. The zero-order valence-corrected chi connectivity index (χ0v) is 16.6. The standard InChI is InChI=1S/C22H23N7O/c23-22-19-17(9-13-4-7-28-8-6-25-18(28)10-13)27-29(15-3-5-24-11-15)20(19)16(12-26-22)21(30)14-1-2-14/h4,6-7,9-10,12,14-15,24H,1-3,5,8,11H2,(H2,23,26). The predicted octanol–water partition coefficient (Wildman–Crippen LogP) is 2.28. The summed E-state index contributed by atoms with van der Waals surface area (Å²) in [6.45, 7) is 2.57. The number of nitrogens with zero attached hydrogens (tertiary/aromatic N) is 5. The van der Waals surface area contributed by atoms with Crippen LogP contribution in [0, 0.1) is 5.92 Å². The molecule has 30 heavy (non-hydrogen) atoms. The Morgan fingerprint density at radius 2 is 2.20 bits per heavy atom. The average molecular weight is 401 g/mol. The molecule has 8 heteroatoms. The van der Waals surface area contributed by atoms with Gasteiger partial charge < -0.3 is 16.0 Å². The number of pyridine rings is 1. The summed E-state index contributed by atoms with van der Waals surface area (Å²) >= 11 is 0. The molecular formula is C22H23N7O. The molecule has 0 amide bonds. The number of aromatic nitrogens is 3. The van der Waals surface area contributed by atoms with Crippen LogP contribution in [-0.4, -0.2) is 51.3 Å². The monoisotopic (exact) mass is 401 g/mol. The van der Waals surface area contributed by atoms with Crippen molar-refractivity contribution < 1.29 is 4.79 Å². The summed E-state index contributed by atoms with van der Waals surface area (Å²) < 4.78 is 2.01. The minimum absolute atomic E-state index is 0.114. The number of Topliss-reactive ketones (excluding diaryl/α,β-unsaturated/α-hetero) is 1. The Labute approximate surface area is 173 Å². The van der Waals surface area contributed by atoms with Crippen molar-refractivity contribution in [3.63, 3.8) is 0 Å². The number of anilines is 1. The molecule has 0 aromatic carbocycles. The van der Waals surface area contributed by atoms with E-state index in [0.29, 0.717) is 11.4 Å².